The average Bonchev–Trinajstić information content (AvgIpc) is 2.14. The summed E-state index contributed by atoms with van der Waals surface area (Å²) in [5, 5.41) is 3.51. The summed E-state index contributed by atoms with van der Waals surface area (Å²) in [5.41, 5.74) is 0. The molecular formula is C11H26N2O. The number of methoxy groups -OCH3 is 1. The second kappa shape index (κ2) is 8.21. The molecule has 0 saturated carbocycles. The summed E-state index contributed by atoms with van der Waals surface area (Å²) in [6, 6.07) is 0.603. The lowest BCUT2D eigenvalue weighted by Gasteiger charge is -2.20. The fourth-order valence-electron chi connectivity index (χ4n) is 1.08. The van der Waals surface area contributed by atoms with Crippen molar-refractivity contribution in [1.82, 2.24) is 10.2 Å². The van der Waals surface area contributed by atoms with Crippen LogP contribution in [-0.2, 0) is 4.74 Å². The van der Waals surface area contributed by atoms with Gasteiger partial charge >= 0.3 is 0 Å². The number of ether oxygens (including phenoxy) is 1. The second-order valence-corrected chi connectivity index (χ2v) is 4.28. The number of hydrogen-bond donors (Lipinski definition) is 1. The predicted molar refractivity (Wildman–Crippen MR) is 61.7 cm³/mol. The van der Waals surface area contributed by atoms with Crippen LogP contribution in [0.15, 0.2) is 0 Å². The quantitative estimate of drug-likeness (QED) is 0.640. The van der Waals surface area contributed by atoms with Crippen LogP contribution in [0.5, 0.6) is 0 Å². The smallest absolute Gasteiger partial charge is 0.0589 e. The number of nitrogens with zero attached hydrogens (tertiary/aromatic N) is 1. The summed E-state index contributed by atoms with van der Waals surface area (Å²) in [7, 11) is 3.87. The van der Waals surface area contributed by atoms with Crippen LogP contribution in [0.25, 0.3) is 0 Å². The monoisotopic (exact) mass is 202 g/mol. The molecule has 0 heterocycles. The third-order valence-corrected chi connectivity index (χ3v) is 2.64. The minimum absolute atomic E-state index is 0.603. The van der Waals surface area contributed by atoms with Crippen molar-refractivity contribution in [2.45, 2.75) is 26.8 Å². The molecule has 14 heavy (non-hydrogen) atoms. The highest BCUT2D eigenvalue weighted by Gasteiger charge is 2.05. The molecule has 0 spiro atoms. The zero-order valence-electron chi connectivity index (χ0n) is 10.3. The van der Waals surface area contributed by atoms with Crippen molar-refractivity contribution < 1.29 is 4.74 Å². The van der Waals surface area contributed by atoms with Crippen LogP contribution in [-0.4, -0.2) is 51.3 Å². The van der Waals surface area contributed by atoms with Crippen molar-refractivity contribution >= 4 is 0 Å². The maximum absolute atomic E-state index is 5.02. The Morgan fingerprint density at radius 3 is 2.36 bits per heavy atom. The van der Waals surface area contributed by atoms with E-state index in [1.807, 2.05) is 0 Å². The van der Waals surface area contributed by atoms with Crippen LogP contribution in [0.2, 0.25) is 0 Å². The molecule has 0 fully saturated rings. The van der Waals surface area contributed by atoms with E-state index in [0.717, 1.165) is 26.2 Å². The van der Waals surface area contributed by atoms with E-state index in [1.54, 1.807) is 7.11 Å². The van der Waals surface area contributed by atoms with E-state index >= 15 is 0 Å². The molecule has 1 N–H and O–H groups in total. The van der Waals surface area contributed by atoms with Crippen LogP contribution >= 0.6 is 0 Å². The van der Waals surface area contributed by atoms with Crippen molar-refractivity contribution in [3.05, 3.63) is 0 Å². The number of nitrogens with one attached hydrogen (secondary N) is 1. The van der Waals surface area contributed by atoms with Gasteiger partial charge in [-0.05, 0) is 19.9 Å². The topological polar surface area (TPSA) is 24.5 Å². The van der Waals surface area contributed by atoms with Gasteiger partial charge in [-0.15, -0.1) is 0 Å². The molecule has 0 bridgehead atoms. The van der Waals surface area contributed by atoms with Crippen LogP contribution in [0.3, 0.4) is 0 Å². The van der Waals surface area contributed by atoms with Gasteiger partial charge in [-0.2, -0.15) is 0 Å². The van der Waals surface area contributed by atoms with E-state index < -0.39 is 0 Å². The molecule has 0 saturated heterocycles. The lowest BCUT2D eigenvalue weighted by molar-refractivity contribution is 0.160. The van der Waals surface area contributed by atoms with E-state index in [9.17, 15) is 0 Å². The van der Waals surface area contributed by atoms with E-state index in [4.69, 9.17) is 4.74 Å². The molecule has 1 atom stereocenters. The largest absolute Gasteiger partial charge is 0.383 e. The maximum Gasteiger partial charge on any atom is 0.0589 e. The molecule has 0 aliphatic rings. The van der Waals surface area contributed by atoms with Gasteiger partial charge in [-0.25, -0.2) is 0 Å². The van der Waals surface area contributed by atoms with Crippen LogP contribution in [0.1, 0.15) is 20.8 Å². The van der Waals surface area contributed by atoms with Crippen molar-refractivity contribution in [2.75, 3.05) is 40.4 Å². The van der Waals surface area contributed by atoms with Gasteiger partial charge in [0, 0.05) is 32.8 Å². The highest BCUT2D eigenvalue weighted by atomic mass is 16.5. The fourth-order valence-corrected chi connectivity index (χ4v) is 1.08. The van der Waals surface area contributed by atoms with Gasteiger partial charge in [0.1, 0.15) is 0 Å². The maximum atomic E-state index is 5.02. The molecule has 0 aliphatic carbocycles. The zero-order chi connectivity index (χ0) is 11.0. The van der Waals surface area contributed by atoms with Crippen LogP contribution < -0.4 is 5.32 Å². The van der Waals surface area contributed by atoms with Gasteiger partial charge in [0.15, 0.2) is 0 Å². The highest BCUT2D eigenvalue weighted by molar-refractivity contribution is 4.65. The normalized spacial score (nSPS) is 13.9. The Bertz CT molecular complexity index is 128. The van der Waals surface area contributed by atoms with Crippen LogP contribution in [0.4, 0.5) is 0 Å². The first-order valence-electron chi connectivity index (χ1n) is 5.48. The van der Waals surface area contributed by atoms with E-state index in [0.29, 0.717) is 12.0 Å². The van der Waals surface area contributed by atoms with Gasteiger partial charge in [0.05, 0.1) is 6.61 Å². The standard InChI is InChI=1S/C11H26N2O/c1-10(2)11(3)12-6-7-13(4)8-9-14-5/h10-12H,6-9H2,1-5H3. The SMILES string of the molecule is COCCN(C)CCNC(C)C(C)C. The Balaban J connectivity index is 3.34. The van der Waals surface area contributed by atoms with Crippen molar-refractivity contribution in [3.8, 4) is 0 Å². The molecular weight excluding hydrogens is 176 g/mol. The molecule has 0 aliphatic heterocycles. The Morgan fingerprint density at radius 1 is 1.21 bits per heavy atom. The molecule has 3 heteroatoms. The molecule has 1 unspecified atom stereocenters. The number of rotatable bonds is 8. The number of hydrogen-bond acceptors (Lipinski definition) is 3. The summed E-state index contributed by atoms with van der Waals surface area (Å²) in [5.74, 6) is 0.708. The Labute approximate surface area is 88.8 Å². The van der Waals surface area contributed by atoms with Gasteiger partial charge in [-0.1, -0.05) is 13.8 Å². The van der Waals surface area contributed by atoms with Crippen molar-refractivity contribution in [1.29, 1.82) is 0 Å². The Hall–Kier alpha value is -0.120. The summed E-state index contributed by atoms with van der Waals surface area (Å²) in [6.45, 7) is 10.7. The summed E-state index contributed by atoms with van der Waals surface area (Å²) >= 11 is 0. The molecule has 0 aromatic heterocycles. The third kappa shape index (κ3) is 7.30. The summed E-state index contributed by atoms with van der Waals surface area (Å²) < 4.78 is 5.02. The number of likely N-dealkylation sites (N-methyl/N-ethyl adjacent to an activating group) is 1. The Morgan fingerprint density at radius 2 is 1.86 bits per heavy atom. The average molecular weight is 202 g/mol. The molecule has 0 aromatic carbocycles. The van der Waals surface area contributed by atoms with Gasteiger partial charge < -0.3 is 15.0 Å². The zero-order valence-corrected chi connectivity index (χ0v) is 10.3. The first-order valence-corrected chi connectivity index (χ1v) is 5.48. The minimum Gasteiger partial charge on any atom is -0.383 e. The van der Waals surface area contributed by atoms with Crippen molar-refractivity contribution in [2.24, 2.45) is 5.92 Å². The van der Waals surface area contributed by atoms with Gasteiger partial charge in [0.2, 0.25) is 0 Å². The predicted octanol–water partition coefficient (Wildman–Crippen LogP) is 1.20. The van der Waals surface area contributed by atoms with Crippen LogP contribution in [0, 0.1) is 5.92 Å². The van der Waals surface area contributed by atoms with E-state index in [-0.39, 0.29) is 0 Å². The first kappa shape index (κ1) is 13.9. The lowest BCUT2D eigenvalue weighted by atomic mass is 10.1. The highest BCUT2D eigenvalue weighted by Crippen LogP contribution is 1.98. The fraction of sp³-hybridized carbons (Fsp3) is 1.00. The molecule has 86 valence electrons. The van der Waals surface area contributed by atoms with Gasteiger partial charge in [0.25, 0.3) is 0 Å². The molecule has 0 rings (SSSR count). The lowest BCUT2D eigenvalue weighted by Crippen LogP contribution is -2.37. The van der Waals surface area contributed by atoms with E-state index in [2.05, 4.69) is 38.0 Å². The molecule has 0 aromatic rings. The third-order valence-electron chi connectivity index (χ3n) is 2.64. The summed E-state index contributed by atoms with van der Waals surface area (Å²) in [4.78, 5) is 2.28. The minimum atomic E-state index is 0.603. The molecule has 3 nitrogen and oxygen atoms in total. The molecule has 0 radical (unpaired) electrons. The first-order chi connectivity index (χ1) is 6.57. The summed E-state index contributed by atoms with van der Waals surface area (Å²) in [6.07, 6.45) is 0. The Kier molecular flexibility index (Phi) is 8.14. The van der Waals surface area contributed by atoms with E-state index in [1.165, 1.54) is 0 Å². The second-order valence-electron chi connectivity index (χ2n) is 4.28. The van der Waals surface area contributed by atoms with Gasteiger partial charge in [-0.3, -0.25) is 0 Å². The van der Waals surface area contributed by atoms with Crippen molar-refractivity contribution in [3.63, 3.8) is 0 Å². The molecule has 0 amide bonds.